The van der Waals surface area contributed by atoms with Gasteiger partial charge in [0.05, 0.1) is 4.92 Å². The summed E-state index contributed by atoms with van der Waals surface area (Å²) in [7, 11) is 0. The van der Waals surface area contributed by atoms with E-state index in [4.69, 9.17) is 0 Å². The summed E-state index contributed by atoms with van der Waals surface area (Å²) in [4.78, 5) is 10.1. The van der Waals surface area contributed by atoms with Gasteiger partial charge in [-0.2, -0.15) is 0 Å². The molecule has 0 amide bonds. The summed E-state index contributed by atoms with van der Waals surface area (Å²) >= 11 is 0. The molecule has 0 unspecified atom stereocenters. The number of nitro groups is 1. The largest absolute Gasteiger partial charge is 0.259 e. The van der Waals surface area contributed by atoms with Crippen molar-refractivity contribution in [1.29, 1.82) is 0 Å². The van der Waals surface area contributed by atoms with Gasteiger partial charge in [0.15, 0.2) is 0 Å². The predicted molar refractivity (Wildman–Crippen MR) is 42.7 cm³/mol. The Hall–Kier alpha value is -0.860. The van der Waals surface area contributed by atoms with Gasteiger partial charge in [0.25, 0.3) is 0 Å². The van der Waals surface area contributed by atoms with Crippen molar-refractivity contribution in [2.45, 2.75) is 33.1 Å². The Morgan fingerprint density at radius 1 is 1.64 bits per heavy atom. The van der Waals surface area contributed by atoms with Crippen molar-refractivity contribution in [3.63, 3.8) is 0 Å². The molecule has 0 spiro atoms. The standard InChI is InChI=1S/C8H13NO2/c1-8(2)5-3-4-7(6-8)9(10)11/h4H,3,5-6H2,1-2H3. The molecule has 0 bridgehead atoms. The summed E-state index contributed by atoms with van der Waals surface area (Å²) in [6, 6.07) is 0. The average Bonchev–Trinajstić information content (AvgIpc) is 1.85. The van der Waals surface area contributed by atoms with Crippen LogP contribution >= 0.6 is 0 Å². The fourth-order valence-corrected chi connectivity index (χ4v) is 1.42. The van der Waals surface area contributed by atoms with Crippen LogP contribution in [0.4, 0.5) is 0 Å². The average molecular weight is 155 g/mol. The molecule has 0 aromatic rings. The summed E-state index contributed by atoms with van der Waals surface area (Å²) in [6.45, 7) is 4.15. The SMILES string of the molecule is CC1(C)CCC=C([N+](=O)[O-])C1. The third kappa shape index (κ3) is 2.03. The second-order valence-corrected chi connectivity index (χ2v) is 3.83. The lowest BCUT2D eigenvalue weighted by atomic mass is 9.79. The number of hydrogen-bond acceptors (Lipinski definition) is 2. The van der Waals surface area contributed by atoms with Gasteiger partial charge >= 0.3 is 0 Å². The first-order valence-electron chi connectivity index (χ1n) is 3.85. The maximum atomic E-state index is 10.4. The molecule has 3 nitrogen and oxygen atoms in total. The predicted octanol–water partition coefficient (Wildman–Crippen LogP) is 2.36. The first-order chi connectivity index (χ1) is 5.01. The highest BCUT2D eigenvalue weighted by Crippen LogP contribution is 2.34. The Morgan fingerprint density at radius 3 is 2.64 bits per heavy atom. The first-order valence-corrected chi connectivity index (χ1v) is 3.85. The van der Waals surface area contributed by atoms with E-state index in [-0.39, 0.29) is 10.3 Å². The van der Waals surface area contributed by atoms with Crippen LogP contribution in [-0.4, -0.2) is 4.92 Å². The normalized spacial score (nSPS) is 22.5. The number of rotatable bonds is 1. The fraction of sp³-hybridized carbons (Fsp3) is 0.750. The van der Waals surface area contributed by atoms with Gasteiger partial charge < -0.3 is 0 Å². The minimum Gasteiger partial charge on any atom is -0.259 e. The van der Waals surface area contributed by atoms with Crippen LogP contribution < -0.4 is 0 Å². The van der Waals surface area contributed by atoms with Crippen LogP contribution in [0.25, 0.3) is 0 Å². The van der Waals surface area contributed by atoms with Gasteiger partial charge in [0, 0.05) is 6.42 Å². The fourth-order valence-electron chi connectivity index (χ4n) is 1.42. The monoisotopic (exact) mass is 155 g/mol. The molecule has 0 aromatic heterocycles. The molecule has 11 heavy (non-hydrogen) atoms. The van der Waals surface area contributed by atoms with Crippen molar-refractivity contribution >= 4 is 0 Å². The maximum absolute atomic E-state index is 10.4. The molecule has 3 heteroatoms. The summed E-state index contributed by atoms with van der Waals surface area (Å²) in [5, 5.41) is 10.4. The molecule has 0 atom stereocenters. The first kappa shape index (κ1) is 8.24. The van der Waals surface area contributed by atoms with Gasteiger partial charge in [-0.25, -0.2) is 0 Å². The van der Waals surface area contributed by atoms with Gasteiger partial charge in [0.1, 0.15) is 0 Å². The topological polar surface area (TPSA) is 43.1 Å². The van der Waals surface area contributed by atoms with Gasteiger partial charge in [-0.3, -0.25) is 10.1 Å². The van der Waals surface area contributed by atoms with Crippen LogP contribution in [0.3, 0.4) is 0 Å². The zero-order valence-corrected chi connectivity index (χ0v) is 6.96. The second-order valence-electron chi connectivity index (χ2n) is 3.83. The highest BCUT2D eigenvalue weighted by atomic mass is 16.6. The lowest BCUT2D eigenvalue weighted by molar-refractivity contribution is -0.431. The van der Waals surface area contributed by atoms with Gasteiger partial charge in [-0.05, 0) is 24.3 Å². The molecule has 0 N–H and O–H groups in total. The van der Waals surface area contributed by atoms with Crippen LogP contribution in [0.15, 0.2) is 11.8 Å². The van der Waals surface area contributed by atoms with E-state index in [0.29, 0.717) is 12.1 Å². The molecular formula is C8H13NO2. The molecule has 0 heterocycles. The summed E-state index contributed by atoms with van der Waals surface area (Å²) in [6.07, 6.45) is 4.26. The molecule has 1 aliphatic rings. The lowest BCUT2D eigenvalue weighted by Crippen LogP contribution is -2.18. The Morgan fingerprint density at radius 2 is 2.27 bits per heavy atom. The molecule has 62 valence electrons. The molecule has 0 saturated heterocycles. The van der Waals surface area contributed by atoms with Crippen LogP contribution in [0, 0.1) is 15.5 Å². The van der Waals surface area contributed by atoms with Crippen LogP contribution in [0.2, 0.25) is 0 Å². The Kier molecular flexibility index (Phi) is 1.98. The van der Waals surface area contributed by atoms with Crippen molar-refractivity contribution in [3.05, 3.63) is 21.9 Å². The minimum absolute atomic E-state index is 0.122. The van der Waals surface area contributed by atoms with E-state index in [1.165, 1.54) is 0 Å². The van der Waals surface area contributed by atoms with Crippen molar-refractivity contribution in [2.75, 3.05) is 0 Å². The van der Waals surface area contributed by atoms with E-state index < -0.39 is 0 Å². The van der Waals surface area contributed by atoms with Crippen LogP contribution in [0.5, 0.6) is 0 Å². The number of allylic oxidation sites excluding steroid dienone is 2. The van der Waals surface area contributed by atoms with E-state index in [1.807, 2.05) is 0 Å². The highest BCUT2D eigenvalue weighted by Gasteiger charge is 2.28. The highest BCUT2D eigenvalue weighted by molar-refractivity contribution is 5.01. The molecule has 1 rings (SSSR count). The molecule has 1 aliphatic carbocycles. The Bertz CT molecular complexity index is 206. The van der Waals surface area contributed by atoms with Crippen LogP contribution in [0.1, 0.15) is 33.1 Å². The van der Waals surface area contributed by atoms with Crippen molar-refractivity contribution in [1.82, 2.24) is 0 Å². The summed E-state index contributed by atoms with van der Waals surface area (Å²) in [5.74, 6) is 0. The Balaban J connectivity index is 2.71. The molecule has 0 fully saturated rings. The van der Waals surface area contributed by atoms with Crippen LogP contribution in [-0.2, 0) is 0 Å². The third-order valence-corrected chi connectivity index (χ3v) is 2.10. The lowest BCUT2D eigenvalue weighted by Gasteiger charge is -2.25. The van der Waals surface area contributed by atoms with E-state index in [2.05, 4.69) is 13.8 Å². The number of hydrogen-bond donors (Lipinski definition) is 0. The zero-order chi connectivity index (χ0) is 8.48. The van der Waals surface area contributed by atoms with Gasteiger partial charge in [-0.1, -0.05) is 13.8 Å². The maximum Gasteiger partial charge on any atom is 0.242 e. The number of nitrogens with zero attached hydrogens (tertiary/aromatic N) is 1. The van der Waals surface area contributed by atoms with E-state index in [9.17, 15) is 10.1 Å². The molecule has 0 aromatic carbocycles. The van der Waals surface area contributed by atoms with Crippen molar-refractivity contribution in [3.8, 4) is 0 Å². The molecule has 0 aliphatic heterocycles. The van der Waals surface area contributed by atoms with Gasteiger partial charge in [-0.15, -0.1) is 0 Å². The molecule has 0 saturated carbocycles. The quantitative estimate of drug-likeness (QED) is 0.431. The Labute approximate surface area is 66.3 Å². The van der Waals surface area contributed by atoms with Crippen molar-refractivity contribution in [2.24, 2.45) is 5.41 Å². The zero-order valence-electron chi connectivity index (χ0n) is 6.96. The van der Waals surface area contributed by atoms with E-state index in [0.717, 1.165) is 12.8 Å². The minimum atomic E-state index is -0.263. The second kappa shape index (κ2) is 2.64. The van der Waals surface area contributed by atoms with E-state index >= 15 is 0 Å². The third-order valence-electron chi connectivity index (χ3n) is 2.10. The molecule has 0 radical (unpaired) electrons. The summed E-state index contributed by atoms with van der Waals surface area (Å²) < 4.78 is 0. The summed E-state index contributed by atoms with van der Waals surface area (Å²) in [5.41, 5.74) is 0.512. The van der Waals surface area contributed by atoms with Gasteiger partial charge in [0.2, 0.25) is 5.70 Å². The molecular weight excluding hydrogens is 142 g/mol. The van der Waals surface area contributed by atoms with Crippen molar-refractivity contribution < 1.29 is 4.92 Å². The van der Waals surface area contributed by atoms with E-state index in [1.54, 1.807) is 6.08 Å². The smallest absolute Gasteiger partial charge is 0.242 e.